The summed E-state index contributed by atoms with van der Waals surface area (Å²) < 4.78 is 5.21. The minimum absolute atomic E-state index is 0.0718. The van der Waals surface area contributed by atoms with Gasteiger partial charge in [-0.3, -0.25) is 5.41 Å². The maximum Gasteiger partial charge on any atom is 0.181 e. The third-order valence-electron chi connectivity index (χ3n) is 4.75. The molecule has 4 rings (SSSR count). The number of nitriles is 1. The van der Waals surface area contributed by atoms with Gasteiger partial charge in [-0.25, -0.2) is 9.97 Å². The molecule has 0 radical (unpaired) electrons. The number of nitrogens with one attached hydrogen (secondary N) is 3. The molecule has 2 aromatic heterocycles. The van der Waals surface area contributed by atoms with Crippen LogP contribution in [0.15, 0.2) is 47.3 Å². The van der Waals surface area contributed by atoms with E-state index < -0.39 is 0 Å². The number of aliphatic hydroxyl groups excluding tert-OH is 1. The van der Waals surface area contributed by atoms with E-state index in [-0.39, 0.29) is 18.5 Å². The van der Waals surface area contributed by atoms with Gasteiger partial charge in [0.15, 0.2) is 12.2 Å². The minimum atomic E-state index is -0.275. The monoisotopic (exact) mass is 374 g/mol. The van der Waals surface area contributed by atoms with E-state index in [1.807, 2.05) is 18.2 Å². The molecule has 140 valence electrons. The quantitative estimate of drug-likeness (QED) is 0.385. The highest BCUT2D eigenvalue weighted by atomic mass is 16.3. The summed E-state index contributed by atoms with van der Waals surface area (Å²) in [6.07, 6.45) is 4.51. The number of nitrogens with zero attached hydrogens (tertiary/aromatic N) is 3. The van der Waals surface area contributed by atoms with Crippen molar-refractivity contribution >= 4 is 17.2 Å². The number of anilines is 2. The molecule has 4 N–H and O–H groups in total. The maximum atomic E-state index is 9.22. The van der Waals surface area contributed by atoms with Gasteiger partial charge in [0.1, 0.15) is 24.0 Å². The van der Waals surface area contributed by atoms with Gasteiger partial charge in [-0.15, -0.1) is 0 Å². The van der Waals surface area contributed by atoms with E-state index in [0.29, 0.717) is 28.5 Å². The van der Waals surface area contributed by atoms with Gasteiger partial charge in [-0.05, 0) is 48.2 Å². The smallest absolute Gasteiger partial charge is 0.181 e. The van der Waals surface area contributed by atoms with Crippen molar-refractivity contribution in [2.75, 3.05) is 17.4 Å². The Hall–Kier alpha value is -3.70. The van der Waals surface area contributed by atoms with Crippen LogP contribution in [-0.2, 0) is 6.42 Å². The summed E-state index contributed by atoms with van der Waals surface area (Å²) in [7, 11) is 0. The van der Waals surface area contributed by atoms with E-state index in [1.165, 1.54) is 18.2 Å². The fraction of sp³-hybridized carbons (Fsp3) is 0.200. The van der Waals surface area contributed by atoms with Gasteiger partial charge in [0.05, 0.1) is 29.6 Å². The van der Waals surface area contributed by atoms with Crippen LogP contribution in [0.2, 0.25) is 0 Å². The number of hydrogen-bond donors (Lipinski definition) is 4. The highest BCUT2D eigenvalue weighted by molar-refractivity contribution is 6.11. The molecule has 2 heterocycles. The second-order valence-electron chi connectivity index (χ2n) is 6.43. The van der Waals surface area contributed by atoms with Crippen molar-refractivity contribution in [1.82, 2.24) is 9.97 Å². The predicted octanol–water partition coefficient (Wildman–Crippen LogP) is 2.82. The first-order valence-electron chi connectivity index (χ1n) is 8.82. The van der Waals surface area contributed by atoms with E-state index >= 15 is 0 Å². The third kappa shape index (κ3) is 3.31. The van der Waals surface area contributed by atoms with Crippen LogP contribution >= 0.6 is 0 Å². The van der Waals surface area contributed by atoms with Gasteiger partial charge >= 0.3 is 0 Å². The molecule has 28 heavy (non-hydrogen) atoms. The number of hydrogen-bond acceptors (Lipinski definition) is 8. The largest absolute Gasteiger partial charge is 0.442 e. The zero-order valence-electron chi connectivity index (χ0n) is 14.9. The fourth-order valence-corrected chi connectivity index (χ4v) is 3.43. The van der Waals surface area contributed by atoms with Crippen LogP contribution in [0.3, 0.4) is 0 Å². The Morgan fingerprint density at radius 2 is 2.25 bits per heavy atom. The fourth-order valence-electron chi connectivity index (χ4n) is 3.43. The van der Waals surface area contributed by atoms with E-state index in [9.17, 15) is 5.11 Å². The number of aryl methyl sites for hydroxylation is 1. The van der Waals surface area contributed by atoms with Crippen molar-refractivity contribution < 1.29 is 9.52 Å². The molecule has 0 amide bonds. The van der Waals surface area contributed by atoms with Crippen LogP contribution < -0.4 is 10.6 Å². The number of aromatic nitrogens is 2. The number of fused-ring (bicyclic) bond motifs is 1. The number of benzene rings is 1. The Kier molecular flexibility index (Phi) is 4.74. The Bertz CT molecular complexity index is 1060. The second kappa shape index (κ2) is 7.50. The third-order valence-corrected chi connectivity index (χ3v) is 4.75. The molecular weight excluding hydrogens is 356 g/mol. The maximum absolute atomic E-state index is 9.22. The molecule has 1 unspecified atom stereocenters. The van der Waals surface area contributed by atoms with E-state index in [1.54, 1.807) is 12.1 Å². The van der Waals surface area contributed by atoms with Gasteiger partial charge in [0, 0.05) is 0 Å². The van der Waals surface area contributed by atoms with Gasteiger partial charge in [-0.1, -0.05) is 6.07 Å². The minimum Gasteiger partial charge on any atom is -0.442 e. The van der Waals surface area contributed by atoms with Gasteiger partial charge in [0.25, 0.3) is 0 Å². The lowest BCUT2D eigenvalue weighted by Gasteiger charge is -2.17. The lowest BCUT2D eigenvalue weighted by molar-refractivity contribution is 0.325. The first kappa shape index (κ1) is 17.7. The van der Waals surface area contributed by atoms with Gasteiger partial charge in [0.2, 0.25) is 0 Å². The molecule has 0 saturated heterocycles. The number of oxazole rings is 1. The molecule has 0 bridgehead atoms. The highest BCUT2D eigenvalue weighted by Gasteiger charge is 2.24. The molecule has 0 aliphatic heterocycles. The first-order valence-corrected chi connectivity index (χ1v) is 8.82. The average molecular weight is 374 g/mol. The van der Waals surface area contributed by atoms with Crippen LogP contribution in [0.1, 0.15) is 40.6 Å². The van der Waals surface area contributed by atoms with Gasteiger partial charge < -0.3 is 20.2 Å². The lowest BCUT2D eigenvalue weighted by atomic mass is 10.1. The Balaban J connectivity index is 1.62. The van der Waals surface area contributed by atoms with Crippen molar-refractivity contribution in [3.8, 4) is 6.07 Å². The first-order chi connectivity index (χ1) is 13.7. The zero-order valence-corrected chi connectivity index (χ0v) is 14.9. The number of pyridine rings is 1. The van der Waals surface area contributed by atoms with Crippen LogP contribution in [0, 0.1) is 16.7 Å². The molecule has 1 aromatic carbocycles. The molecular formula is C20H18N6O2. The molecule has 0 fully saturated rings. The molecule has 1 aliphatic rings. The Morgan fingerprint density at radius 3 is 3.00 bits per heavy atom. The Morgan fingerprint density at radius 1 is 1.36 bits per heavy atom. The normalized spacial score (nSPS) is 14.9. The summed E-state index contributed by atoms with van der Waals surface area (Å²) in [5.74, 6) is 0.908. The van der Waals surface area contributed by atoms with Crippen LogP contribution in [-0.4, -0.2) is 27.5 Å². The van der Waals surface area contributed by atoms with Crippen LogP contribution in [0.5, 0.6) is 0 Å². The van der Waals surface area contributed by atoms with E-state index in [0.717, 1.165) is 18.4 Å². The van der Waals surface area contributed by atoms with Crippen LogP contribution in [0.4, 0.5) is 11.5 Å². The van der Waals surface area contributed by atoms with Crippen LogP contribution in [0.25, 0.3) is 0 Å². The SMILES string of the molecule is N#Cc1ccc2c(c1)CCC2Nc1ccc(NCO)c(C(=N)c2cnco2)n1. The summed E-state index contributed by atoms with van der Waals surface area (Å²) in [5, 5.41) is 32.9. The van der Waals surface area contributed by atoms with E-state index in [4.69, 9.17) is 15.1 Å². The summed E-state index contributed by atoms with van der Waals surface area (Å²) in [6.45, 7) is -0.275. The van der Waals surface area contributed by atoms with Crippen molar-refractivity contribution in [3.05, 3.63) is 71.1 Å². The predicted molar refractivity (Wildman–Crippen MR) is 103 cm³/mol. The number of rotatable bonds is 6. The summed E-state index contributed by atoms with van der Waals surface area (Å²) in [4.78, 5) is 8.41. The molecule has 1 atom stereocenters. The summed E-state index contributed by atoms with van der Waals surface area (Å²) in [5.41, 5.74) is 3.95. The molecule has 8 heteroatoms. The Labute approximate surface area is 161 Å². The number of aliphatic hydroxyl groups is 1. The highest BCUT2D eigenvalue weighted by Crippen LogP contribution is 2.34. The lowest BCUT2D eigenvalue weighted by Crippen LogP contribution is -2.14. The average Bonchev–Trinajstić information content (AvgIpc) is 3.39. The van der Waals surface area contributed by atoms with Crippen molar-refractivity contribution in [1.29, 1.82) is 10.7 Å². The summed E-state index contributed by atoms with van der Waals surface area (Å²) >= 11 is 0. The topological polar surface area (TPSA) is 131 Å². The molecule has 8 nitrogen and oxygen atoms in total. The van der Waals surface area contributed by atoms with Gasteiger partial charge in [-0.2, -0.15) is 5.26 Å². The molecule has 1 aliphatic carbocycles. The van der Waals surface area contributed by atoms with Crippen molar-refractivity contribution in [3.63, 3.8) is 0 Å². The standard InChI is InChI=1S/C20H18N6O2/c21-8-12-1-3-14-13(7-12)2-4-15(14)25-18-6-5-16(24-10-27)20(26-18)19(22)17-9-23-11-28-17/h1,3,5-7,9,11,15,22,24,27H,2,4,10H2,(H,25,26). The summed E-state index contributed by atoms with van der Waals surface area (Å²) in [6, 6.07) is 11.6. The molecule has 3 aromatic rings. The molecule has 0 saturated carbocycles. The zero-order chi connectivity index (χ0) is 19.5. The van der Waals surface area contributed by atoms with Crippen molar-refractivity contribution in [2.24, 2.45) is 0 Å². The van der Waals surface area contributed by atoms with Crippen molar-refractivity contribution in [2.45, 2.75) is 18.9 Å². The molecule has 0 spiro atoms. The second-order valence-corrected chi connectivity index (χ2v) is 6.43. The van der Waals surface area contributed by atoms with E-state index in [2.05, 4.69) is 26.7 Å².